The van der Waals surface area contributed by atoms with Crippen LogP contribution >= 0.6 is 0 Å². The van der Waals surface area contributed by atoms with Crippen LogP contribution < -0.4 is 0 Å². The van der Waals surface area contributed by atoms with Crippen LogP contribution in [0.3, 0.4) is 0 Å². The van der Waals surface area contributed by atoms with E-state index in [2.05, 4.69) is 10.3 Å². The Kier molecular flexibility index (Phi) is 3.82. The number of sulfonamides is 1. The van der Waals surface area contributed by atoms with Gasteiger partial charge in [0.2, 0.25) is 10.0 Å². The van der Waals surface area contributed by atoms with Gasteiger partial charge in [-0.3, -0.25) is 4.68 Å². The fourth-order valence-corrected chi connectivity index (χ4v) is 4.84. The van der Waals surface area contributed by atoms with Gasteiger partial charge in [0.15, 0.2) is 5.76 Å². The molecule has 0 amide bonds. The molecule has 1 fully saturated rings. The molecule has 120 valence electrons. The molecule has 1 saturated heterocycles. The maximum atomic E-state index is 12.9. The first-order chi connectivity index (χ1) is 10.4. The van der Waals surface area contributed by atoms with E-state index in [0.29, 0.717) is 24.5 Å². The van der Waals surface area contributed by atoms with Gasteiger partial charge in [0, 0.05) is 32.3 Å². The van der Waals surface area contributed by atoms with Gasteiger partial charge in [0.05, 0.1) is 5.69 Å². The first-order valence-corrected chi connectivity index (χ1v) is 8.76. The first-order valence-electron chi connectivity index (χ1n) is 7.32. The molecule has 0 unspecified atom stereocenters. The van der Waals surface area contributed by atoms with E-state index < -0.39 is 10.0 Å². The Balaban J connectivity index is 1.88. The van der Waals surface area contributed by atoms with Crippen LogP contribution in [-0.2, 0) is 17.1 Å². The van der Waals surface area contributed by atoms with Crippen molar-refractivity contribution in [1.29, 1.82) is 0 Å². The van der Waals surface area contributed by atoms with Crippen molar-refractivity contribution in [2.45, 2.75) is 37.5 Å². The molecule has 8 heteroatoms. The van der Waals surface area contributed by atoms with Gasteiger partial charge in [-0.1, -0.05) is 5.16 Å². The van der Waals surface area contributed by atoms with Crippen molar-refractivity contribution in [3.8, 4) is 0 Å². The minimum absolute atomic E-state index is 0.130. The lowest BCUT2D eigenvalue weighted by Gasteiger charge is -2.31. The predicted molar refractivity (Wildman–Crippen MR) is 79.9 cm³/mol. The zero-order valence-electron chi connectivity index (χ0n) is 13.0. The van der Waals surface area contributed by atoms with Crippen LogP contribution in [0.25, 0.3) is 0 Å². The predicted octanol–water partition coefficient (Wildman–Crippen LogP) is 1.59. The summed E-state index contributed by atoms with van der Waals surface area (Å²) >= 11 is 0. The smallest absolute Gasteiger partial charge is 0.248 e. The van der Waals surface area contributed by atoms with Crippen molar-refractivity contribution < 1.29 is 12.9 Å². The molecule has 0 aliphatic carbocycles. The van der Waals surface area contributed by atoms with Gasteiger partial charge in [-0.2, -0.15) is 9.40 Å². The quantitative estimate of drug-likeness (QED) is 0.856. The molecule has 0 aromatic carbocycles. The molecular weight excluding hydrogens is 304 g/mol. The van der Waals surface area contributed by atoms with Gasteiger partial charge in [0.1, 0.15) is 10.6 Å². The van der Waals surface area contributed by atoms with E-state index in [1.807, 2.05) is 19.3 Å². The van der Waals surface area contributed by atoms with Gasteiger partial charge in [-0.05, 0) is 32.8 Å². The topological polar surface area (TPSA) is 81.2 Å². The van der Waals surface area contributed by atoms with Crippen LogP contribution in [0.4, 0.5) is 0 Å². The SMILES string of the molecule is Cc1noc(C)c1S(=O)(=O)N1CCC[C@H](c2ccn(C)n2)C1. The van der Waals surface area contributed by atoms with Crippen LogP contribution in [0.5, 0.6) is 0 Å². The van der Waals surface area contributed by atoms with Gasteiger partial charge in [-0.15, -0.1) is 0 Å². The van der Waals surface area contributed by atoms with E-state index in [1.54, 1.807) is 18.5 Å². The van der Waals surface area contributed by atoms with Crippen molar-refractivity contribution in [2.24, 2.45) is 7.05 Å². The first kappa shape index (κ1) is 15.2. The Morgan fingerprint density at radius 2 is 2.14 bits per heavy atom. The molecule has 0 radical (unpaired) electrons. The second-order valence-electron chi connectivity index (χ2n) is 5.77. The molecule has 7 nitrogen and oxygen atoms in total. The third-order valence-corrected chi connectivity index (χ3v) is 6.21. The van der Waals surface area contributed by atoms with Crippen LogP contribution in [0, 0.1) is 13.8 Å². The average Bonchev–Trinajstić information content (AvgIpc) is 3.05. The van der Waals surface area contributed by atoms with E-state index in [9.17, 15) is 8.42 Å². The van der Waals surface area contributed by atoms with E-state index in [0.717, 1.165) is 18.5 Å². The Labute approximate surface area is 129 Å². The van der Waals surface area contributed by atoms with Crippen LogP contribution in [0.2, 0.25) is 0 Å². The summed E-state index contributed by atoms with van der Waals surface area (Å²) in [4.78, 5) is 0.203. The van der Waals surface area contributed by atoms with E-state index in [-0.39, 0.29) is 10.8 Å². The largest absolute Gasteiger partial charge is 0.360 e. The highest BCUT2D eigenvalue weighted by Crippen LogP contribution is 2.31. The maximum Gasteiger partial charge on any atom is 0.248 e. The normalized spacial score (nSPS) is 20.4. The Morgan fingerprint density at radius 1 is 1.36 bits per heavy atom. The molecule has 0 bridgehead atoms. The van der Waals surface area contributed by atoms with Crippen LogP contribution in [-0.4, -0.2) is 40.7 Å². The monoisotopic (exact) mass is 324 g/mol. The number of nitrogens with zero attached hydrogens (tertiary/aromatic N) is 4. The van der Waals surface area contributed by atoms with Gasteiger partial charge >= 0.3 is 0 Å². The van der Waals surface area contributed by atoms with Gasteiger partial charge in [0.25, 0.3) is 0 Å². The Bertz CT molecular complexity index is 758. The molecule has 1 atom stereocenters. The van der Waals surface area contributed by atoms with Crippen molar-refractivity contribution in [3.63, 3.8) is 0 Å². The van der Waals surface area contributed by atoms with Crippen LogP contribution in [0.15, 0.2) is 21.7 Å². The summed E-state index contributed by atoms with van der Waals surface area (Å²) in [6.07, 6.45) is 3.66. The third kappa shape index (κ3) is 2.56. The number of hydrogen-bond acceptors (Lipinski definition) is 5. The minimum atomic E-state index is -3.57. The highest BCUT2D eigenvalue weighted by molar-refractivity contribution is 7.89. The molecule has 1 aliphatic heterocycles. The molecule has 0 saturated carbocycles. The summed E-state index contributed by atoms with van der Waals surface area (Å²) in [5.41, 5.74) is 1.36. The molecule has 3 rings (SSSR count). The lowest BCUT2D eigenvalue weighted by molar-refractivity contribution is 0.311. The summed E-state index contributed by atoms with van der Waals surface area (Å²) in [5, 5.41) is 8.17. The van der Waals surface area contributed by atoms with Crippen molar-refractivity contribution >= 4 is 10.0 Å². The second-order valence-corrected chi connectivity index (χ2v) is 7.64. The summed E-state index contributed by atoms with van der Waals surface area (Å²) in [6, 6.07) is 1.96. The molecule has 2 aromatic heterocycles. The minimum Gasteiger partial charge on any atom is -0.360 e. The zero-order valence-corrected chi connectivity index (χ0v) is 13.8. The number of hydrogen-bond donors (Lipinski definition) is 0. The Hall–Kier alpha value is -1.67. The lowest BCUT2D eigenvalue weighted by Crippen LogP contribution is -2.39. The van der Waals surface area contributed by atoms with Crippen molar-refractivity contribution in [2.75, 3.05) is 13.1 Å². The molecule has 0 spiro atoms. The van der Waals surface area contributed by atoms with E-state index >= 15 is 0 Å². The fourth-order valence-electron chi connectivity index (χ4n) is 3.02. The summed E-state index contributed by atoms with van der Waals surface area (Å²) < 4.78 is 34.0. The highest BCUT2D eigenvalue weighted by Gasteiger charge is 2.35. The molecule has 1 aliphatic rings. The number of aromatic nitrogens is 3. The maximum absolute atomic E-state index is 12.9. The zero-order chi connectivity index (χ0) is 15.9. The van der Waals surface area contributed by atoms with Crippen molar-refractivity contribution in [1.82, 2.24) is 19.2 Å². The summed E-state index contributed by atoms with van der Waals surface area (Å²) in [6.45, 7) is 4.26. The number of rotatable bonds is 3. The molecule has 2 aromatic rings. The molecule has 3 heterocycles. The lowest BCUT2D eigenvalue weighted by atomic mass is 9.96. The van der Waals surface area contributed by atoms with E-state index in [1.165, 1.54) is 4.31 Å². The highest BCUT2D eigenvalue weighted by atomic mass is 32.2. The second kappa shape index (κ2) is 5.51. The summed E-state index contributed by atoms with van der Waals surface area (Å²) in [5.74, 6) is 0.475. The van der Waals surface area contributed by atoms with Crippen molar-refractivity contribution in [3.05, 3.63) is 29.4 Å². The Morgan fingerprint density at radius 3 is 2.73 bits per heavy atom. The number of piperidine rings is 1. The van der Waals surface area contributed by atoms with Gasteiger partial charge in [-0.25, -0.2) is 8.42 Å². The number of aryl methyl sites for hydroxylation is 3. The average molecular weight is 324 g/mol. The van der Waals surface area contributed by atoms with Gasteiger partial charge < -0.3 is 4.52 Å². The standard InChI is InChI=1S/C14H20N4O3S/c1-10-14(11(2)21-16-10)22(19,20)18-7-4-5-12(9-18)13-6-8-17(3)15-13/h6,8,12H,4-5,7,9H2,1-3H3/t12-/m0/s1. The van der Waals surface area contributed by atoms with Crippen LogP contribution in [0.1, 0.15) is 35.9 Å². The third-order valence-electron chi connectivity index (χ3n) is 4.10. The fraction of sp³-hybridized carbons (Fsp3) is 0.571. The van der Waals surface area contributed by atoms with E-state index in [4.69, 9.17) is 4.52 Å². The summed E-state index contributed by atoms with van der Waals surface area (Å²) in [7, 11) is -1.71. The molecule has 0 N–H and O–H groups in total. The molecule has 22 heavy (non-hydrogen) atoms. The molecular formula is C14H20N4O3S.